The number of hydrogen-bond acceptors (Lipinski definition) is 4. The molecule has 0 fully saturated rings. The minimum atomic E-state index is 0.439. The lowest BCUT2D eigenvalue weighted by atomic mass is 10.5. The van der Waals surface area contributed by atoms with Crippen molar-refractivity contribution in [3.05, 3.63) is 24.3 Å². The van der Waals surface area contributed by atoms with Crippen LogP contribution >= 0.6 is 0 Å². The minimum Gasteiger partial charge on any atom is -0.296 e. The fourth-order valence-electron chi connectivity index (χ4n) is 0.859. The Hall–Kier alpha value is -1.78. The second-order valence-corrected chi connectivity index (χ2v) is 1.98. The van der Waals surface area contributed by atoms with E-state index < -0.39 is 0 Å². The van der Waals surface area contributed by atoms with E-state index in [2.05, 4.69) is 15.2 Å². The molecule has 0 amide bonds. The maximum atomic E-state index is 10.4. The highest BCUT2D eigenvalue weighted by molar-refractivity contribution is 5.73. The Kier molecular flexibility index (Phi) is 1.15. The highest BCUT2D eigenvalue weighted by atomic mass is 16.1. The third-order valence-electron chi connectivity index (χ3n) is 1.36. The van der Waals surface area contributed by atoms with Crippen molar-refractivity contribution < 1.29 is 4.79 Å². The van der Waals surface area contributed by atoms with Crippen LogP contribution in [0.5, 0.6) is 0 Å². The quantitative estimate of drug-likeness (QED) is 0.531. The van der Waals surface area contributed by atoms with E-state index in [4.69, 9.17) is 0 Å². The van der Waals surface area contributed by atoms with Crippen LogP contribution in [0.3, 0.4) is 0 Å². The predicted molar refractivity (Wildman–Crippen MR) is 36.2 cm³/mol. The molecule has 5 heteroatoms. The molecular weight excluding hydrogens is 144 g/mol. The highest BCUT2D eigenvalue weighted by Gasteiger charge is 1.99. The molecule has 0 spiro atoms. The molecule has 54 valence electrons. The van der Waals surface area contributed by atoms with Gasteiger partial charge >= 0.3 is 0 Å². The van der Waals surface area contributed by atoms with Gasteiger partial charge in [-0.3, -0.25) is 9.20 Å². The Morgan fingerprint density at radius 2 is 2.45 bits per heavy atom. The van der Waals surface area contributed by atoms with Crippen molar-refractivity contribution in [2.24, 2.45) is 0 Å². The molecule has 0 aliphatic heterocycles. The van der Waals surface area contributed by atoms with Gasteiger partial charge in [0.25, 0.3) is 5.78 Å². The van der Waals surface area contributed by atoms with Gasteiger partial charge in [0, 0.05) is 6.20 Å². The van der Waals surface area contributed by atoms with E-state index >= 15 is 0 Å². The van der Waals surface area contributed by atoms with Crippen LogP contribution in [-0.2, 0) is 0 Å². The van der Waals surface area contributed by atoms with Crippen molar-refractivity contribution in [2.45, 2.75) is 0 Å². The van der Waals surface area contributed by atoms with Crippen LogP contribution in [0, 0.1) is 0 Å². The summed E-state index contributed by atoms with van der Waals surface area (Å²) in [6.45, 7) is 0. The monoisotopic (exact) mass is 148 g/mol. The summed E-state index contributed by atoms with van der Waals surface area (Å²) in [5.41, 5.74) is 0.481. The van der Waals surface area contributed by atoms with Gasteiger partial charge in [-0.1, -0.05) is 0 Å². The zero-order chi connectivity index (χ0) is 7.68. The molecule has 0 N–H and O–H groups in total. The number of carbonyl (C=O) groups is 1. The fraction of sp³-hybridized carbons (Fsp3) is 0. The molecule has 2 aromatic rings. The first-order valence-corrected chi connectivity index (χ1v) is 3.02. The molecule has 2 rings (SSSR count). The van der Waals surface area contributed by atoms with E-state index in [-0.39, 0.29) is 0 Å². The van der Waals surface area contributed by atoms with Gasteiger partial charge in [-0.25, -0.2) is 4.98 Å². The molecule has 2 heterocycles. The van der Waals surface area contributed by atoms with Gasteiger partial charge in [-0.2, -0.15) is 5.10 Å². The van der Waals surface area contributed by atoms with E-state index in [9.17, 15) is 4.79 Å². The fourth-order valence-corrected chi connectivity index (χ4v) is 0.859. The summed E-state index contributed by atoms with van der Waals surface area (Å²) in [6.07, 6.45) is 5.32. The first-order valence-electron chi connectivity index (χ1n) is 3.02. The number of rotatable bonds is 1. The van der Waals surface area contributed by atoms with Crippen LogP contribution < -0.4 is 0 Å². The molecule has 5 nitrogen and oxygen atoms in total. The maximum absolute atomic E-state index is 10.4. The average molecular weight is 148 g/mol. The van der Waals surface area contributed by atoms with Crippen molar-refractivity contribution in [1.29, 1.82) is 0 Å². The largest absolute Gasteiger partial charge is 0.296 e. The van der Waals surface area contributed by atoms with Crippen LogP contribution in [0.25, 0.3) is 5.78 Å². The van der Waals surface area contributed by atoms with Crippen molar-refractivity contribution in [2.75, 3.05) is 0 Å². The summed E-state index contributed by atoms with van der Waals surface area (Å²) in [5.74, 6) is 0.439. The lowest BCUT2D eigenvalue weighted by Crippen LogP contribution is -1.93. The first-order chi connectivity index (χ1) is 5.42. The molecule has 0 radical (unpaired) electrons. The van der Waals surface area contributed by atoms with Gasteiger partial charge in [0.05, 0.1) is 12.4 Å². The van der Waals surface area contributed by atoms with Crippen molar-refractivity contribution in [3.63, 3.8) is 0 Å². The Bertz CT molecular complexity index is 394. The van der Waals surface area contributed by atoms with Gasteiger partial charge < -0.3 is 0 Å². The molecule has 11 heavy (non-hydrogen) atoms. The molecule has 0 saturated carbocycles. The van der Waals surface area contributed by atoms with E-state index in [1.54, 1.807) is 10.6 Å². The molecule has 0 aliphatic rings. The number of imidazole rings is 1. The molecule has 0 aliphatic carbocycles. The number of aromatic nitrogens is 4. The highest BCUT2D eigenvalue weighted by Crippen LogP contribution is 1.97. The first kappa shape index (κ1) is 5.96. The molecule has 0 unspecified atom stereocenters. The Labute approximate surface area is 61.7 Å². The number of fused-ring (bicyclic) bond motifs is 1. The van der Waals surface area contributed by atoms with Crippen LogP contribution in [0.2, 0.25) is 0 Å². The molecule has 2 aromatic heterocycles. The third-order valence-corrected chi connectivity index (χ3v) is 1.36. The zero-order valence-corrected chi connectivity index (χ0v) is 5.51. The molecule has 0 bridgehead atoms. The Morgan fingerprint density at radius 3 is 3.27 bits per heavy atom. The summed E-state index contributed by atoms with van der Waals surface area (Å²) in [6, 6.07) is 0. The van der Waals surface area contributed by atoms with Crippen LogP contribution in [0.1, 0.15) is 10.5 Å². The van der Waals surface area contributed by atoms with E-state index in [1.807, 2.05) is 0 Å². The van der Waals surface area contributed by atoms with E-state index in [0.717, 1.165) is 6.29 Å². The second kappa shape index (κ2) is 2.12. The SMILES string of the molecule is O=Cc1cnc2nnccn12. The molecule has 0 saturated heterocycles. The lowest BCUT2D eigenvalue weighted by Gasteiger charge is -1.88. The summed E-state index contributed by atoms with van der Waals surface area (Å²) in [7, 11) is 0. The third kappa shape index (κ3) is 0.778. The van der Waals surface area contributed by atoms with Crippen molar-refractivity contribution in [3.8, 4) is 0 Å². The average Bonchev–Trinajstić information content (AvgIpc) is 2.47. The van der Waals surface area contributed by atoms with E-state index in [1.165, 1.54) is 12.4 Å². The Balaban J connectivity index is 2.86. The minimum absolute atomic E-state index is 0.439. The predicted octanol–water partition coefficient (Wildman–Crippen LogP) is -0.0632. The van der Waals surface area contributed by atoms with Crippen LogP contribution in [0.15, 0.2) is 18.6 Å². The van der Waals surface area contributed by atoms with Gasteiger partial charge in [0.15, 0.2) is 6.29 Å². The summed E-state index contributed by atoms with van der Waals surface area (Å²) < 4.78 is 1.57. The maximum Gasteiger partial charge on any atom is 0.254 e. The standard InChI is InChI=1S/C6H4N4O/c11-4-5-3-7-6-9-8-1-2-10(5)6/h1-4H. The Morgan fingerprint density at radius 1 is 1.55 bits per heavy atom. The van der Waals surface area contributed by atoms with Crippen LogP contribution in [-0.4, -0.2) is 25.9 Å². The van der Waals surface area contributed by atoms with Crippen molar-refractivity contribution >= 4 is 12.1 Å². The molecular formula is C6H4N4O. The van der Waals surface area contributed by atoms with E-state index in [0.29, 0.717) is 11.5 Å². The number of aldehydes is 1. The van der Waals surface area contributed by atoms with Crippen LogP contribution in [0.4, 0.5) is 0 Å². The molecule has 0 aromatic carbocycles. The topological polar surface area (TPSA) is 60.2 Å². The summed E-state index contributed by atoms with van der Waals surface area (Å²) >= 11 is 0. The number of nitrogens with zero attached hydrogens (tertiary/aromatic N) is 4. The number of carbonyl (C=O) groups excluding carboxylic acids is 1. The van der Waals surface area contributed by atoms with Gasteiger partial charge in [0.1, 0.15) is 5.69 Å². The molecule has 0 atom stereocenters. The lowest BCUT2D eigenvalue weighted by molar-refractivity contribution is 0.111. The van der Waals surface area contributed by atoms with Gasteiger partial charge in [0.2, 0.25) is 0 Å². The normalized spacial score (nSPS) is 10.2. The summed E-state index contributed by atoms with van der Waals surface area (Å²) in [5, 5.41) is 7.30. The smallest absolute Gasteiger partial charge is 0.254 e. The van der Waals surface area contributed by atoms with Crippen molar-refractivity contribution in [1.82, 2.24) is 19.6 Å². The number of hydrogen-bond donors (Lipinski definition) is 0. The summed E-state index contributed by atoms with van der Waals surface area (Å²) in [4.78, 5) is 14.2. The second-order valence-electron chi connectivity index (χ2n) is 1.98. The zero-order valence-electron chi connectivity index (χ0n) is 5.51. The van der Waals surface area contributed by atoms with Gasteiger partial charge in [-0.05, 0) is 0 Å². The van der Waals surface area contributed by atoms with Gasteiger partial charge in [-0.15, -0.1) is 5.10 Å².